The van der Waals surface area contributed by atoms with Gasteiger partial charge in [0.05, 0.1) is 19.3 Å². The van der Waals surface area contributed by atoms with E-state index in [0.717, 1.165) is 4.90 Å². The van der Waals surface area contributed by atoms with E-state index >= 15 is 0 Å². The summed E-state index contributed by atoms with van der Waals surface area (Å²) >= 11 is 5.82. The maximum absolute atomic E-state index is 12.2. The highest BCUT2D eigenvalue weighted by Gasteiger charge is 2.15. The summed E-state index contributed by atoms with van der Waals surface area (Å²) in [5, 5.41) is 6.21. The average Bonchev–Trinajstić information content (AvgIpc) is 2.58. The van der Waals surface area contributed by atoms with Crippen molar-refractivity contribution in [2.75, 3.05) is 37.4 Å². The molecule has 0 radical (unpaired) electrons. The molecule has 0 saturated heterocycles. The van der Waals surface area contributed by atoms with Gasteiger partial charge in [-0.15, -0.1) is 0 Å². The van der Waals surface area contributed by atoms with Crippen LogP contribution in [-0.4, -0.2) is 38.6 Å². The molecule has 0 aliphatic heterocycles. The van der Waals surface area contributed by atoms with E-state index in [1.807, 2.05) is 19.1 Å². The van der Waals surface area contributed by atoms with Crippen LogP contribution >= 0.6 is 11.6 Å². The molecule has 6 nitrogen and oxygen atoms in total. The Morgan fingerprint density at radius 1 is 1.00 bits per heavy atom. The second-order valence-electron chi connectivity index (χ2n) is 5.84. The van der Waals surface area contributed by atoms with Crippen molar-refractivity contribution in [3.05, 3.63) is 53.6 Å². The van der Waals surface area contributed by atoms with Gasteiger partial charge in [-0.2, -0.15) is 0 Å². The van der Waals surface area contributed by atoms with Gasteiger partial charge < -0.3 is 20.3 Å². The quantitative estimate of drug-likeness (QED) is 0.658. The summed E-state index contributed by atoms with van der Waals surface area (Å²) in [5.41, 5.74) is 1.29. The maximum Gasteiger partial charge on any atom is 0.279 e. The molecule has 0 bridgehead atoms. The fourth-order valence-electron chi connectivity index (χ4n) is 2.39. The molecule has 1 atom stereocenters. The Balaban J connectivity index is 1.83. The lowest BCUT2D eigenvalue weighted by molar-refractivity contribution is -0.862. The molecule has 0 spiro atoms. The van der Waals surface area contributed by atoms with Crippen LogP contribution in [0.4, 0.5) is 11.4 Å². The van der Waals surface area contributed by atoms with Gasteiger partial charge in [-0.25, -0.2) is 0 Å². The van der Waals surface area contributed by atoms with Gasteiger partial charge in [0.15, 0.2) is 13.1 Å². The zero-order chi connectivity index (χ0) is 18.9. The molecule has 2 rings (SSSR count). The number of quaternary nitrogens is 1. The number of benzene rings is 2. The lowest BCUT2D eigenvalue weighted by Crippen LogP contribution is -3.11. The van der Waals surface area contributed by atoms with Gasteiger partial charge in [0, 0.05) is 10.7 Å². The monoisotopic (exact) mass is 376 g/mol. The van der Waals surface area contributed by atoms with E-state index < -0.39 is 0 Å². The fourth-order valence-corrected chi connectivity index (χ4v) is 2.52. The van der Waals surface area contributed by atoms with Gasteiger partial charge in [0.25, 0.3) is 11.8 Å². The van der Waals surface area contributed by atoms with Crippen molar-refractivity contribution in [2.45, 2.75) is 6.92 Å². The van der Waals surface area contributed by atoms with E-state index in [-0.39, 0.29) is 24.9 Å². The normalized spacial score (nSPS) is 11.5. The molecule has 0 aromatic heterocycles. The largest absolute Gasteiger partial charge is 0.492 e. The van der Waals surface area contributed by atoms with Crippen molar-refractivity contribution in [3.8, 4) is 5.75 Å². The highest BCUT2D eigenvalue weighted by atomic mass is 35.5. The van der Waals surface area contributed by atoms with Gasteiger partial charge in [-0.05, 0) is 43.3 Å². The van der Waals surface area contributed by atoms with Crippen LogP contribution in [0.15, 0.2) is 48.5 Å². The first kappa shape index (κ1) is 19.8. The summed E-state index contributed by atoms with van der Waals surface area (Å²) < 4.78 is 5.49. The topological polar surface area (TPSA) is 71.9 Å². The van der Waals surface area contributed by atoms with Crippen LogP contribution in [0, 0.1) is 0 Å². The number of halogens is 1. The Labute approximate surface area is 158 Å². The number of amides is 2. The van der Waals surface area contributed by atoms with Crippen molar-refractivity contribution in [1.82, 2.24) is 0 Å². The van der Waals surface area contributed by atoms with Crippen LogP contribution in [0.3, 0.4) is 0 Å². The fraction of sp³-hybridized carbons (Fsp3) is 0.263. The van der Waals surface area contributed by atoms with Gasteiger partial charge >= 0.3 is 0 Å². The number of likely N-dealkylation sites (N-methyl/N-ethyl adjacent to an activating group) is 1. The number of para-hydroxylation sites is 2. The molecule has 3 N–H and O–H groups in total. The molecule has 26 heavy (non-hydrogen) atoms. The number of anilines is 2. The van der Waals surface area contributed by atoms with Crippen LogP contribution in [0.1, 0.15) is 6.92 Å². The summed E-state index contributed by atoms with van der Waals surface area (Å²) in [6, 6.07) is 14.1. The predicted octanol–water partition coefficient (Wildman–Crippen LogP) is 1.83. The Kier molecular flexibility index (Phi) is 7.44. The molecule has 2 amide bonds. The number of carbonyl (C=O) groups is 2. The van der Waals surface area contributed by atoms with Gasteiger partial charge in [-0.3, -0.25) is 9.59 Å². The van der Waals surface area contributed by atoms with E-state index in [9.17, 15) is 9.59 Å². The molecule has 1 unspecified atom stereocenters. The number of carbonyl (C=O) groups excluding carboxylic acids is 2. The Morgan fingerprint density at radius 2 is 1.62 bits per heavy atom. The van der Waals surface area contributed by atoms with Gasteiger partial charge in [-0.1, -0.05) is 23.7 Å². The minimum atomic E-state index is -0.186. The molecule has 7 heteroatoms. The minimum absolute atomic E-state index is 0.161. The first-order valence-electron chi connectivity index (χ1n) is 8.36. The molecule has 2 aromatic carbocycles. The van der Waals surface area contributed by atoms with Crippen molar-refractivity contribution >= 4 is 34.8 Å². The Bertz CT molecular complexity index is 750. The minimum Gasteiger partial charge on any atom is -0.492 e. The lowest BCUT2D eigenvalue weighted by Gasteiger charge is -2.15. The molecule has 0 aliphatic carbocycles. The van der Waals surface area contributed by atoms with Crippen LogP contribution in [-0.2, 0) is 9.59 Å². The SMILES string of the molecule is CCOc1ccccc1NC(=O)C[NH+](C)CC(=O)Nc1ccc(Cl)cc1. The first-order valence-corrected chi connectivity index (χ1v) is 8.74. The smallest absolute Gasteiger partial charge is 0.279 e. The van der Waals surface area contributed by atoms with E-state index in [4.69, 9.17) is 16.3 Å². The number of hydrogen-bond acceptors (Lipinski definition) is 3. The third kappa shape index (κ3) is 6.38. The molecule has 0 saturated carbocycles. The van der Waals surface area contributed by atoms with Crippen molar-refractivity contribution in [2.24, 2.45) is 0 Å². The zero-order valence-corrected chi connectivity index (χ0v) is 15.6. The summed E-state index contributed by atoms with van der Waals surface area (Å²) in [6.07, 6.45) is 0. The Morgan fingerprint density at radius 3 is 2.27 bits per heavy atom. The van der Waals surface area contributed by atoms with Crippen molar-refractivity contribution in [1.29, 1.82) is 0 Å². The van der Waals surface area contributed by atoms with Crippen molar-refractivity contribution in [3.63, 3.8) is 0 Å². The zero-order valence-electron chi connectivity index (χ0n) is 14.8. The second kappa shape index (κ2) is 9.79. The van der Waals surface area contributed by atoms with Crippen molar-refractivity contribution < 1.29 is 19.2 Å². The van der Waals surface area contributed by atoms with E-state index in [1.54, 1.807) is 43.4 Å². The van der Waals surface area contributed by atoms with E-state index in [2.05, 4.69) is 10.6 Å². The molecule has 0 fully saturated rings. The highest BCUT2D eigenvalue weighted by Crippen LogP contribution is 2.23. The third-order valence-electron chi connectivity index (χ3n) is 3.51. The number of nitrogens with one attached hydrogen (secondary N) is 3. The van der Waals surface area contributed by atoms with Crippen LogP contribution in [0.5, 0.6) is 5.75 Å². The maximum atomic E-state index is 12.2. The van der Waals surface area contributed by atoms with E-state index in [0.29, 0.717) is 28.8 Å². The summed E-state index contributed by atoms with van der Waals surface area (Å²) in [4.78, 5) is 25.1. The molecule has 0 aliphatic rings. The van der Waals surface area contributed by atoms with E-state index in [1.165, 1.54) is 0 Å². The second-order valence-corrected chi connectivity index (χ2v) is 6.28. The summed E-state index contributed by atoms with van der Waals surface area (Å²) in [5.74, 6) is 0.266. The summed E-state index contributed by atoms with van der Waals surface area (Å²) in [6.45, 7) is 2.73. The van der Waals surface area contributed by atoms with Gasteiger partial charge in [0.2, 0.25) is 0 Å². The first-order chi connectivity index (χ1) is 12.5. The standard InChI is InChI=1S/C19H22ClN3O3/c1-3-26-17-7-5-4-6-16(17)22-19(25)13-23(2)12-18(24)21-15-10-8-14(20)9-11-15/h4-11H,3,12-13H2,1-2H3,(H,21,24)(H,22,25)/p+1. The molecule has 138 valence electrons. The Hall–Kier alpha value is -2.57. The average molecular weight is 377 g/mol. The molecular formula is C19H23ClN3O3+. The van der Waals surface area contributed by atoms with Crippen LogP contribution in [0.2, 0.25) is 5.02 Å². The number of ether oxygens (including phenoxy) is 1. The third-order valence-corrected chi connectivity index (χ3v) is 3.77. The van der Waals surface area contributed by atoms with Gasteiger partial charge in [0.1, 0.15) is 5.75 Å². The number of hydrogen-bond donors (Lipinski definition) is 3. The molecular weight excluding hydrogens is 354 g/mol. The lowest BCUT2D eigenvalue weighted by atomic mass is 10.3. The number of rotatable bonds is 8. The highest BCUT2D eigenvalue weighted by molar-refractivity contribution is 6.30. The predicted molar refractivity (Wildman–Crippen MR) is 103 cm³/mol. The summed E-state index contributed by atoms with van der Waals surface area (Å²) in [7, 11) is 1.79. The van der Waals surface area contributed by atoms with Crippen LogP contribution in [0.25, 0.3) is 0 Å². The molecule has 2 aromatic rings. The molecule has 0 heterocycles. The van der Waals surface area contributed by atoms with Crippen LogP contribution < -0.4 is 20.3 Å².